The number of hydrogen-bond donors (Lipinski definition) is 1. The van der Waals surface area contributed by atoms with E-state index >= 15 is 0 Å². The van der Waals surface area contributed by atoms with Gasteiger partial charge in [-0.2, -0.15) is 5.10 Å². The van der Waals surface area contributed by atoms with E-state index in [0.717, 1.165) is 11.3 Å². The molecular formula is C10H9FN2. The number of aromatic nitrogens is 2. The molecule has 13 heavy (non-hydrogen) atoms. The lowest BCUT2D eigenvalue weighted by atomic mass is 10.1. The predicted octanol–water partition coefficient (Wildman–Crippen LogP) is 2.55. The summed E-state index contributed by atoms with van der Waals surface area (Å²) < 4.78 is 12.4. The van der Waals surface area contributed by atoms with Crippen LogP contribution in [0.25, 0.3) is 11.3 Å². The molecule has 0 aliphatic carbocycles. The molecule has 66 valence electrons. The van der Waals surface area contributed by atoms with Crippen molar-refractivity contribution < 1.29 is 4.39 Å². The summed E-state index contributed by atoms with van der Waals surface area (Å²) in [4.78, 5) is 0. The van der Waals surface area contributed by atoms with Crippen molar-refractivity contribution in [3.8, 4) is 11.3 Å². The Morgan fingerprint density at radius 3 is 2.69 bits per heavy atom. The molecule has 0 unspecified atom stereocenters. The molecule has 0 spiro atoms. The second-order valence-electron chi connectivity index (χ2n) is 2.77. The van der Waals surface area contributed by atoms with E-state index in [1.165, 1.54) is 6.20 Å². The molecule has 1 aromatic carbocycles. The third-order valence-corrected chi connectivity index (χ3v) is 1.92. The lowest BCUT2D eigenvalue weighted by Gasteiger charge is -1.98. The molecule has 0 radical (unpaired) electrons. The van der Waals surface area contributed by atoms with E-state index in [-0.39, 0.29) is 0 Å². The molecule has 3 heteroatoms. The van der Waals surface area contributed by atoms with Gasteiger partial charge in [0.05, 0.1) is 11.9 Å². The monoisotopic (exact) mass is 176 g/mol. The maximum absolute atomic E-state index is 12.4. The minimum Gasteiger partial charge on any atom is -0.277 e. The number of halogens is 1. The summed E-state index contributed by atoms with van der Waals surface area (Å²) in [5.41, 5.74) is 2.34. The van der Waals surface area contributed by atoms with Gasteiger partial charge in [0.1, 0.15) is 6.67 Å². The lowest BCUT2D eigenvalue weighted by Crippen LogP contribution is -1.82. The highest BCUT2D eigenvalue weighted by Gasteiger charge is 2.05. The van der Waals surface area contributed by atoms with Gasteiger partial charge in [0.2, 0.25) is 0 Å². The first-order chi connectivity index (χ1) is 6.42. The number of hydrogen-bond acceptors (Lipinski definition) is 1. The van der Waals surface area contributed by atoms with Crippen molar-refractivity contribution in [3.05, 3.63) is 42.1 Å². The van der Waals surface area contributed by atoms with Gasteiger partial charge in [0.25, 0.3) is 0 Å². The Morgan fingerprint density at radius 2 is 2.00 bits per heavy atom. The third kappa shape index (κ3) is 1.45. The molecule has 0 saturated heterocycles. The fourth-order valence-corrected chi connectivity index (χ4v) is 1.27. The minimum absolute atomic E-state index is 0.485. The third-order valence-electron chi connectivity index (χ3n) is 1.92. The lowest BCUT2D eigenvalue weighted by molar-refractivity contribution is 0.486. The van der Waals surface area contributed by atoms with Gasteiger partial charge in [0, 0.05) is 5.56 Å². The van der Waals surface area contributed by atoms with Crippen molar-refractivity contribution in [2.45, 2.75) is 6.67 Å². The van der Waals surface area contributed by atoms with E-state index in [1.54, 1.807) is 0 Å². The summed E-state index contributed by atoms with van der Waals surface area (Å²) in [6.07, 6.45) is 1.52. The van der Waals surface area contributed by atoms with Crippen molar-refractivity contribution >= 4 is 0 Å². The van der Waals surface area contributed by atoms with Gasteiger partial charge >= 0.3 is 0 Å². The first kappa shape index (κ1) is 7.98. The molecule has 2 nitrogen and oxygen atoms in total. The van der Waals surface area contributed by atoms with E-state index < -0.39 is 6.67 Å². The normalized spacial score (nSPS) is 10.2. The number of rotatable bonds is 2. The molecule has 0 aliphatic heterocycles. The summed E-state index contributed by atoms with van der Waals surface area (Å²) >= 11 is 0. The van der Waals surface area contributed by atoms with Crippen LogP contribution in [0.5, 0.6) is 0 Å². The second kappa shape index (κ2) is 3.39. The highest BCUT2D eigenvalue weighted by Crippen LogP contribution is 2.20. The molecule has 0 atom stereocenters. The number of nitrogens with zero attached hydrogens (tertiary/aromatic N) is 1. The molecule has 0 bridgehead atoms. The van der Waals surface area contributed by atoms with Gasteiger partial charge in [0.15, 0.2) is 0 Å². The summed E-state index contributed by atoms with van der Waals surface area (Å²) in [7, 11) is 0. The van der Waals surface area contributed by atoms with Crippen LogP contribution < -0.4 is 0 Å². The Kier molecular flexibility index (Phi) is 2.08. The van der Waals surface area contributed by atoms with Crippen LogP contribution in [0.2, 0.25) is 0 Å². The van der Waals surface area contributed by atoms with Crippen molar-refractivity contribution in [2.75, 3.05) is 0 Å². The van der Waals surface area contributed by atoms with Crippen LogP contribution in [0, 0.1) is 0 Å². The standard InChI is InChI=1S/C10H9FN2/c11-6-9-7-12-13-10(9)8-4-2-1-3-5-8/h1-5,7H,6H2,(H,12,13). The quantitative estimate of drug-likeness (QED) is 0.748. The summed E-state index contributed by atoms with van der Waals surface area (Å²) in [6, 6.07) is 9.60. The van der Waals surface area contributed by atoms with Crippen LogP contribution in [-0.4, -0.2) is 10.2 Å². The first-order valence-electron chi connectivity index (χ1n) is 4.05. The Hall–Kier alpha value is -1.64. The number of nitrogens with one attached hydrogen (secondary N) is 1. The summed E-state index contributed by atoms with van der Waals surface area (Å²) in [5, 5.41) is 6.59. The van der Waals surface area contributed by atoms with E-state index in [2.05, 4.69) is 10.2 Å². The average Bonchev–Trinajstić information content (AvgIpc) is 2.67. The largest absolute Gasteiger partial charge is 0.277 e. The summed E-state index contributed by atoms with van der Waals surface area (Å²) in [6.45, 7) is -0.485. The Balaban J connectivity index is 2.47. The smallest absolute Gasteiger partial charge is 0.118 e. The van der Waals surface area contributed by atoms with Gasteiger partial charge in [-0.3, -0.25) is 5.10 Å². The molecule has 0 amide bonds. The molecule has 1 N–H and O–H groups in total. The Bertz CT molecular complexity index is 381. The molecule has 0 saturated carbocycles. The van der Waals surface area contributed by atoms with Crippen LogP contribution in [0.1, 0.15) is 5.56 Å². The zero-order valence-corrected chi connectivity index (χ0v) is 7.00. The minimum atomic E-state index is -0.485. The topological polar surface area (TPSA) is 28.7 Å². The van der Waals surface area contributed by atoms with Crippen molar-refractivity contribution in [1.82, 2.24) is 10.2 Å². The zero-order valence-electron chi connectivity index (χ0n) is 7.00. The molecule has 2 rings (SSSR count). The SMILES string of the molecule is FCc1cn[nH]c1-c1ccccc1. The van der Waals surface area contributed by atoms with Crippen LogP contribution in [0.4, 0.5) is 4.39 Å². The van der Waals surface area contributed by atoms with Crippen LogP contribution in [-0.2, 0) is 6.67 Å². The van der Waals surface area contributed by atoms with Gasteiger partial charge < -0.3 is 0 Å². The van der Waals surface area contributed by atoms with Crippen molar-refractivity contribution in [2.24, 2.45) is 0 Å². The molecule has 1 aromatic heterocycles. The molecule has 2 aromatic rings. The molecule has 0 fully saturated rings. The van der Waals surface area contributed by atoms with Gasteiger partial charge in [-0.25, -0.2) is 4.39 Å². The maximum Gasteiger partial charge on any atom is 0.118 e. The van der Waals surface area contributed by atoms with Crippen LogP contribution >= 0.6 is 0 Å². The fraction of sp³-hybridized carbons (Fsp3) is 0.100. The Labute approximate surface area is 75.4 Å². The van der Waals surface area contributed by atoms with E-state index in [4.69, 9.17) is 0 Å². The Morgan fingerprint density at radius 1 is 1.23 bits per heavy atom. The average molecular weight is 176 g/mol. The van der Waals surface area contributed by atoms with Crippen molar-refractivity contribution in [3.63, 3.8) is 0 Å². The first-order valence-corrected chi connectivity index (χ1v) is 4.05. The van der Waals surface area contributed by atoms with Gasteiger partial charge in [-0.05, 0) is 5.56 Å². The number of benzene rings is 1. The van der Waals surface area contributed by atoms with E-state index in [1.807, 2.05) is 30.3 Å². The van der Waals surface area contributed by atoms with E-state index in [0.29, 0.717) is 5.56 Å². The highest BCUT2D eigenvalue weighted by atomic mass is 19.1. The van der Waals surface area contributed by atoms with E-state index in [9.17, 15) is 4.39 Å². The zero-order chi connectivity index (χ0) is 9.10. The summed E-state index contributed by atoms with van der Waals surface area (Å²) in [5.74, 6) is 0. The number of alkyl halides is 1. The number of aromatic amines is 1. The molecular weight excluding hydrogens is 167 g/mol. The van der Waals surface area contributed by atoms with Gasteiger partial charge in [-0.1, -0.05) is 30.3 Å². The molecule has 0 aliphatic rings. The molecule has 1 heterocycles. The second-order valence-corrected chi connectivity index (χ2v) is 2.77. The maximum atomic E-state index is 12.4. The van der Waals surface area contributed by atoms with Gasteiger partial charge in [-0.15, -0.1) is 0 Å². The predicted molar refractivity (Wildman–Crippen MR) is 48.8 cm³/mol. The van der Waals surface area contributed by atoms with Crippen LogP contribution in [0.3, 0.4) is 0 Å². The highest BCUT2D eigenvalue weighted by molar-refractivity contribution is 5.62. The van der Waals surface area contributed by atoms with Crippen LogP contribution in [0.15, 0.2) is 36.5 Å². The fourth-order valence-electron chi connectivity index (χ4n) is 1.27. The van der Waals surface area contributed by atoms with Crippen molar-refractivity contribution in [1.29, 1.82) is 0 Å². The number of H-pyrrole nitrogens is 1.